The molecule has 0 aliphatic heterocycles. The number of aliphatic hydroxyl groups excluding tert-OH is 3. The monoisotopic (exact) mass is 670 g/mol. The second kappa shape index (κ2) is 35.4. The SMILES string of the molecule is O=C(C=CC=CP(C=CC=CC(=O)CCOCCOCCO)C=CC=CC(=O)CCOCCOCCO)CCOCCOCCO. The summed E-state index contributed by atoms with van der Waals surface area (Å²) in [5, 5.41) is 26.0. The van der Waals surface area contributed by atoms with Gasteiger partial charge in [0.2, 0.25) is 0 Å². The van der Waals surface area contributed by atoms with Gasteiger partial charge >= 0.3 is 0 Å². The molecule has 46 heavy (non-hydrogen) atoms. The van der Waals surface area contributed by atoms with E-state index >= 15 is 0 Å². The smallest absolute Gasteiger partial charge is 0.157 e. The Morgan fingerprint density at radius 2 is 0.652 bits per heavy atom. The normalized spacial score (nSPS) is 13.1. The molecule has 0 bridgehead atoms. The van der Waals surface area contributed by atoms with Gasteiger partial charge in [-0.05, 0) is 26.1 Å². The molecule has 0 saturated carbocycles. The number of allylic oxidation sites excluding steroid dienone is 9. The van der Waals surface area contributed by atoms with E-state index in [0.29, 0.717) is 39.6 Å². The Morgan fingerprint density at radius 3 is 0.913 bits per heavy atom. The van der Waals surface area contributed by atoms with Gasteiger partial charge < -0.3 is 43.7 Å². The highest BCUT2D eigenvalue weighted by Gasteiger charge is 1.99. The summed E-state index contributed by atoms with van der Waals surface area (Å²) in [6, 6.07) is 0. The Bertz CT molecular complexity index is 824. The van der Waals surface area contributed by atoms with Gasteiger partial charge in [-0.3, -0.25) is 14.4 Å². The summed E-state index contributed by atoms with van der Waals surface area (Å²) < 4.78 is 31.3. The minimum absolute atomic E-state index is 0.0427. The van der Waals surface area contributed by atoms with E-state index in [1.165, 1.54) is 18.2 Å². The van der Waals surface area contributed by atoms with Crippen molar-refractivity contribution in [3.8, 4) is 0 Å². The number of aliphatic hydroxyl groups is 3. The highest BCUT2D eigenvalue weighted by molar-refractivity contribution is 7.67. The molecule has 3 N–H and O–H groups in total. The highest BCUT2D eigenvalue weighted by atomic mass is 31.1. The van der Waals surface area contributed by atoms with Crippen LogP contribution < -0.4 is 0 Å². The van der Waals surface area contributed by atoms with Crippen LogP contribution in [0.5, 0.6) is 0 Å². The van der Waals surface area contributed by atoms with Crippen LogP contribution in [0.15, 0.2) is 72.1 Å². The summed E-state index contributed by atoms with van der Waals surface area (Å²) in [4.78, 5) is 36.2. The molecule has 0 unspecified atom stereocenters. The molecule has 0 heterocycles. The van der Waals surface area contributed by atoms with Gasteiger partial charge in [0.05, 0.1) is 99.1 Å². The largest absolute Gasteiger partial charge is 0.394 e. The zero-order valence-electron chi connectivity index (χ0n) is 26.6. The molecule has 0 aromatic heterocycles. The molecule has 0 radical (unpaired) electrons. The minimum atomic E-state index is -0.915. The van der Waals surface area contributed by atoms with Crippen molar-refractivity contribution in [3.05, 3.63) is 72.1 Å². The fraction of sp³-hybridized carbons (Fsp3) is 0.545. The second-order valence-electron chi connectivity index (χ2n) is 9.04. The van der Waals surface area contributed by atoms with Gasteiger partial charge in [0.1, 0.15) is 0 Å². The highest BCUT2D eigenvalue weighted by Crippen LogP contribution is 2.40. The van der Waals surface area contributed by atoms with E-state index in [0.717, 1.165) is 0 Å². The number of rotatable bonds is 33. The van der Waals surface area contributed by atoms with Crippen LogP contribution in [0, 0.1) is 0 Å². The topological polar surface area (TPSA) is 167 Å². The molecule has 0 fully saturated rings. The van der Waals surface area contributed by atoms with Gasteiger partial charge in [-0.2, -0.15) is 0 Å². The Kier molecular flexibility index (Phi) is 33.5. The van der Waals surface area contributed by atoms with Crippen molar-refractivity contribution in [1.29, 1.82) is 0 Å². The second-order valence-corrected chi connectivity index (χ2v) is 10.8. The van der Waals surface area contributed by atoms with Gasteiger partial charge in [0.15, 0.2) is 17.3 Å². The Hall–Kier alpha value is -2.48. The Morgan fingerprint density at radius 1 is 0.391 bits per heavy atom. The van der Waals surface area contributed by atoms with Crippen LogP contribution in [0.25, 0.3) is 0 Å². The van der Waals surface area contributed by atoms with Gasteiger partial charge in [0.25, 0.3) is 0 Å². The van der Waals surface area contributed by atoms with Crippen molar-refractivity contribution in [1.82, 2.24) is 0 Å². The maximum absolute atomic E-state index is 12.1. The quantitative estimate of drug-likeness (QED) is 0.0405. The molecule has 13 heteroatoms. The first kappa shape index (κ1) is 43.5. The molecular formula is C33H51O12P. The average molecular weight is 671 g/mol. The molecule has 0 aliphatic rings. The summed E-state index contributed by atoms with van der Waals surface area (Å²) in [5.74, 6) is 5.52. The summed E-state index contributed by atoms with van der Waals surface area (Å²) in [7, 11) is -0.915. The van der Waals surface area contributed by atoms with E-state index in [1.54, 1.807) is 36.5 Å². The maximum Gasteiger partial charge on any atom is 0.157 e. The van der Waals surface area contributed by atoms with E-state index in [1.807, 2.05) is 17.5 Å². The lowest BCUT2D eigenvalue weighted by Gasteiger charge is -2.03. The number of carbonyl (C=O) groups excluding carboxylic acids is 3. The third-order valence-electron chi connectivity index (χ3n) is 5.26. The Balaban J connectivity index is 4.82. The van der Waals surface area contributed by atoms with E-state index < -0.39 is 7.92 Å². The average Bonchev–Trinajstić information content (AvgIpc) is 3.05. The lowest BCUT2D eigenvalue weighted by molar-refractivity contribution is -0.116. The van der Waals surface area contributed by atoms with Crippen LogP contribution in [0.4, 0.5) is 0 Å². The first-order valence-corrected chi connectivity index (χ1v) is 16.8. The summed E-state index contributed by atoms with van der Waals surface area (Å²) >= 11 is 0. The van der Waals surface area contributed by atoms with E-state index in [4.69, 9.17) is 43.7 Å². The van der Waals surface area contributed by atoms with Gasteiger partial charge in [-0.1, -0.05) is 53.9 Å². The van der Waals surface area contributed by atoms with Gasteiger partial charge in [-0.25, -0.2) is 0 Å². The molecule has 0 amide bonds. The van der Waals surface area contributed by atoms with Crippen LogP contribution >= 0.6 is 7.92 Å². The van der Waals surface area contributed by atoms with Crippen LogP contribution in [0.3, 0.4) is 0 Å². The zero-order chi connectivity index (χ0) is 33.8. The molecule has 0 rings (SSSR count). The van der Waals surface area contributed by atoms with Crippen molar-refractivity contribution in [3.63, 3.8) is 0 Å². The first-order valence-electron chi connectivity index (χ1n) is 15.2. The molecule has 12 nitrogen and oxygen atoms in total. The van der Waals surface area contributed by atoms with Gasteiger partial charge in [0, 0.05) is 19.3 Å². The van der Waals surface area contributed by atoms with Crippen LogP contribution in [0.2, 0.25) is 0 Å². The van der Waals surface area contributed by atoms with Crippen molar-refractivity contribution in [2.45, 2.75) is 19.3 Å². The first-order chi connectivity index (χ1) is 22.5. The fourth-order valence-electron chi connectivity index (χ4n) is 3.01. The predicted octanol–water partition coefficient (Wildman–Crippen LogP) is 2.63. The Labute approximate surface area is 273 Å². The predicted molar refractivity (Wildman–Crippen MR) is 177 cm³/mol. The summed E-state index contributed by atoms with van der Waals surface area (Å²) in [6.45, 7) is 3.61. The van der Waals surface area contributed by atoms with Crippen molar-refractivity contribution < 1.29 is 58.1 Å². The zero-order valence-corrected chi connectivity index (χ0v) is 27.5. The molecule has 0 aromatic rings. The van der Waals surface area contributed by atoms with E-state index in [2.05, 4.69) is 0 Å². The lowest BCUT2D eigenvalue weighted by atomic mass is 10.3. The summed E-state index contributed by atoms with van der Waals surface area (Å²) in [6.07, 6.45) is 15.4. The number of carbonyl (C=O) groups is 3. The molecule has 0 aliphatic carbocycles. The number of ketones is 3. The fourth-order valence-corrected chi connectivity index (χ4v) is 4.21. The van der Waals surface area contributed by atoms with Crippen LogP contribution in [0.1, 0.15) is 19.3 Å². The number of ether oxygens (including phenoxy) is 6. The van der Waals surface area contributed by atoms with Crippen molar-refractivity contribution in [2.24, 2.45) is 0 Å². The summed E-state index contributed by atoms with van der Waals surface area (Å²) in [5.41, 5.74) is 0. The number of hydrogen-bond acceptors (Lipinski definition) is 12. The molecular weight excluding hydrogens is 619 g/mol. The lowest BCUT2D eigenvalue weighted by Crippen LogP contribution is -2.09. The molecule has 0 saturated heterocycles. The van der Waals surface area contributed by atoms with Crippen molar-refractivity contribution in [2.75, 3.05) is 99.1 Å². The maximum atomic E-state index is 12.1. The third kappa shape index (κ3) is 32.9. The molecule has 0 aromatic carbocycles. The third-order valence-corrected chi connectivity index (χ3v) is 6.80. The van der Waals surface area contributed by atoms with Crippen molar-refractivity contribution >= 4 is 25.3 Å². The van der Waals surface area contributed by atoms with Gasteiger partial charge in [-0.15, -0.1) is 0 Å². The standard InChI is InChI=1S/C33H51O12P/c34-13-19-43-25-22-40-16-10-31(37)7-1-4-28-46(29-5-2-8-32(38)11-17-41-23-26-44-20-14-35)30-6-3-9-33(39)12-18-42-24-27-45-21-15-36/h1-9,28-30,34-36H,10-27H2. The number of hydrogen-bond donors (Lipinski definition) is 3. The molecule has 0 spiro atoms. The minimum Gasteiger partial charge on any atom is -0.394 e. The van der Waals surface area contributed by atoms with Crippen LogP contribution in [-0.4, -0.2) is 132 Å². The molecule has 0 atom stereocenters. The van der Waals surface area contributed by atoms with E-state index in [9.17, 15) is 14.4 Å². The molecule has 260 valence electrons. The van der Waals surface area contributed by atoms with E-state index in [-0.39, 0.29) is 96.1 Å². The van der Waals surface area contributed by atoms with Crippen LogP contribution in [-0.2, 0) is 42.8 Å².